The van der Waals surface area contributed by atoms with E-state index in [1.165, 1.54) is 63.9 Å². The van der Waals surface area contributed by atoms with Gasteiger partial charge in [-0.05, 0) is 87.3 Å². The van der Waals surface area contributed by atoms with Crippen molar-refractivity contribution in [1.82, 2.24) is 26.6 Å². The van der Waals surface area contributed by atoms with Crippen LogP contribution in [0.15, 0.2) is 18.2 Å². The van der Waals surface area contributed by atoms with E-state index in [0.29, 0.717) is 35.9 Å². The minimum Gasteiger partial charge on any atom is -0.484 e. The number of piperidine rings is 1. The molecule has 6 rings (SSSR count). The summed E-state index contributed by atoms with van der Waals surface area (Å²) in [6.07, 6.45) is 14.5. The summed E-state index contributed by atoms with van der Waals surface area (Å²) in [5, 5.41) is 18.6. The van der Waals surface area contributed by atoms with Gasteiger partial charge in [-0.2, -0.15) is 0 Å². The molecular weight excluding hydrogens is 512 g/mol. The van der Waals surface area contributed by atoms with Crippen LogP contribution in [-0.4, -0.2) is 62.5 Å². The van der Waals surface area contributed by atoms with Gasteiger partial charge in [-0.15, -0.1) is 0 Å². The predicted molar refractivity (Wildman–Crippen MR) is 151 cm³/mol. The van der Waals surface area contributed by atoms with Crippen LogP contribution in [0.3, 0.4) is 0 Å². The van der Waals surface area contributed by atoms with Crippen molar-refractivity contribution in [3.63, 3.8) is 0 Å². The number of rotatable bonds is 8. The van der Waals surface area contributed by atoms with Gasteiger partial charge >= 0.3 is 0 Å². The van der Waals surface area contributed by atoms with Gasteiger partial charge in [0.15, 0.2) is 18.2 Å². The third-order valence-electron chi connectivity index (χ3n) is 10.6. The second kappa shape index (κ2) is 13.0. The Morgan fingerprint density at radius 3 is 2.38 bits per heavy atom. The van der Waals surface area contributed by atoms with E-state index in [1.54, 1.807) is 0 Å². The number of hydrogen-bond acceptors (Lipinski definition) is 6. The molecule has 222 valence electrons. The Morgan fingerprint density at radius 2 is 1.65 bits per heavy atom. The molecule has 3 saturated carbocycles. The largest absolute Gasteiger partial charge is 0.484 e. The van der Waals surface area contributed by atoms with Gasteiger partial charge in [0.05, 0.1) is 6.17 Å². The van der Waals surface area contributed by atoms with Crippen LogP contribution >= 0.6 is 0 Å². The van der Waals surface area contributed by atoms with E-state index >= 15 is 0 Å². The van der Waals surface area contributed by atoms with E-state index in [2.05, 4.69) is 26.6 Å². The molecule has 5 fully saturated rings. The first-order valence-electron chi connectivity index (χ1n) is 15.9. The monoisotopic (exact) mass is 559 g/mol. The predicted octanol–water partition coefficient (Wildman–Crippen LogP) is 3.44. The lowest BCUT2D eigenvalue weighted by Crippen LogP contribution is -2.65. The first-order chi connectivity index (χ1) is 19.5. The number of benzene rings is 1. The molecule has 5 N–H and O–H groups in total. The molecule has 5 aliphatic rings. The molecule has 40 heavy (non-hydrogen) atoms. The zero-order valence-corrected chi connectivity index (χ0v) is 23.6. The fourth-order valence-electron chi connectivity index (χ4n) is 8.28. The zero-order valence-electron chi connectivity index (χ0n) is 23.6. The molecule has 0 radical (unpaired) electrons. The Balaban J connectivity index is 0.947. The molecule has 7 unspecified atom stereocenters. The molecule has 2 saturated heterocycles. The summed E-state index contributed by atoms with van der Waals surface area (Å²) in [7, 11) is 0. The average Bonchev–Trinajstić information content (AvgIpc) is 3.11. The molecule has 1 aromatic rings. The van der Waals surface area contributed by atoms with Gasteiger partial charge in [0.2, 0.25) is 0 Å². The van der Waals surface area contributed by atoms with Crippen LogP contribution in [0.1, 0.15) is 70.6 Å². The second-order valence-electron chi connectivity index (χ2n) is 13.0. The number of hydrogen-bond donors (Lipinski definition) is 5. The molecule has 9 heteroatoms. The van der Waals surface area contributed by atoms with Crippen molar-refractivity contribution in [3.05, 3.63) is 29.8 Å². The number of amides is 1. The van der Waals surface area contributed by atoms with Gasteiger partial charge in [-0.25, -0.2) is 8.78 Å². The molecule has 0 bridgehead atoms. The van der Waals surface area contributed by atoms with Crippen molar-refractivity contribution in [3.8, 4) is 5.75 Å². The van der Waals surface area contributed by atoms with Crippen molar-refractivity contribution in [1.29, 1.82) is 0 Å². The lowest BCUT2D eigenvalue weighted by molar-refractivity contribution is -0.124. The maximum atomic E-state index is 13.4. The molecule has 2 aliphatic heterocycles. The summed E-state index contributed by atoms with van der Waals surface area (Å²) in [6, 6.07) is 4.98. The minimum absolute atomic E-state index is 0.119. The van der Waals surface area contributed by atoms with Crippen molar-refractivity contribution in [2.24, 2.45) is 23.7 Å². The van der Waals surface area contributed by atoms with Crippen LogP contribution in [0.2, 0.25) is 0 Å². The summed E-state index contributed by atoms with van der Waals surface area (Å²) < 4.78 is 32.0. The number of piperazine rings is 1. The standard InChI is InChI=1S/C31H47F2N5O2/c32-24-11-8-21(13-25(24)33)40-18-31(39)38-28-14-27(22-9-10-23(22)28)36-30-17-34-16-29(37-30)20-7-12-26(35-15-20)19-5-3-1-2-4-6-19/h8,11,13,19-20,22-23,26-30,34-37H,1-7,9-10,12,14-18H2,(H,38,39)/t20?,22?,23?,26?,27-,28?,29?,30?/m0/s1. The number of carbonyl (C=O) groups is 1. The first-order valence-corrected chi connectivity index (χ1v) is 15.9. The van der Waals surface area contributed by atoms with E-state index in [1.807, 2.05) is 0 Å². The fraction of sp³-hybridized carbons (Fsp3) is 0.774. The summed E-state index contributed by atoms with van der Waals surface area (Å²) in [6.45, 7) is 2.84. The summed E-state index contributed by atoms with van der Waals surface area (Å²) in [4.78, 5) is 12.6. The van der Waals surface area contributed by atoms with E-state index < -0.39 is 11.6 Å². The van der Waals surface area contributed by atoms with Gasteiger partial charge in [-0.3, -0.25) is 15.4 Å². The topological polar surface area (TPSA) is 86.5 Å². The number of carbonyl (C=O) groups excluding carboxylic acids is 1. The highest BCUT2D eigenvalue weighted by Crippen LogP contribution is 2.47. The smallest absolute Gasteiger partial charge is 0.258 e. The summed E-state index contributed by atoms with van der Waals surface area (Å²) >= 11 is 0. The lowest BCUT2D eigenvalue weighted by atomic mass is 9.73. The van der Waals surface area contributed by atoms with Gasteiger partial charge < -0.3 is 20.7 Å². The van der Waals surface area contributed by atoms with Gasteiger partial charge in [0.25, 0.3) is 5.91 Å². The van der Waals surface area contributed by atoms with Gasteiger partial charge in [0.1, 0.15) is 5.75 Å². The molecule has 1 aromatic carbocycles. The van der Waals surface area contributed by atoms with Crippen molar-refractivity contribution in [2.45, 2.75) is 101 Å². The van der Waals surface area contributed by atoms with E-state index in [9.17, 15) is 13.6 Å². The minimum atomic E-state index is -0.980. The van der Waals surface area contributed by atoms with E-state index in [0.717, 1.165) is 50.5 Å². The molecule has 3 aliphatic carbocycles. The number of fused-ring (bicyclic) bond motifs is 1. The number of halogens is 2. The van der Waals surface area contributed by atoms with Crippen LogP contribution in [-0.2, 0) is 4.79 Å². The Morgan fingerprint density at radius 1 is 0.850 bits per heavy atom. The highest BCUT2D eigenvalue weighted by Gasteiger charge is 2.49. The number of ether oxygens (including phenoxy) is 1. The van der Waals surface area contributed by atoms with Crippen LogP contribution < -0.4 is 31.3 Å². The molecule has 0 spiro atoms. The molecule has 0 aromatic heterocycles. The molecule has 8 atom stereocenters. The van der Waals surface area contributed by atoms with Crippen LogP contribution in [0.5, 0.6) is 5.75 Å². The maximum absolute atomic E-state index is 13.4. The molecular formula is C31H47F2N5O2. The van der Waals surface area contributed by atoms with Crippen LogP contribution in [0.25, 0.3) is 0 Å². The van der Waals surface area contributed by atoms with Crippen molar-refractivity contribution >= 4 is 5.91 Å². The zero-order chi connectivity index (χ0) is 27.5. The quantitative estimate of drug-likeness (QED) is 0.314. The Kier molecular flexibility index (Phi) is 9.21. The lowest BCUT2D eigenvalue weighted by Gasteiger charge is -2.43. The van der Waals surface area contributed by atoms with Crippen molar-refractivity contribution < 1.29 is 18.3 Å². The average molecular weight is 560 g/mol. The molecule has 1 amide bonds. The highest BCUT2D eigenvalue weighted by atomic mass is 19.2. The van der Waals surface area contributed by atoms with Crippen LogP contribution in [0.4, 0.5) is 8.78 Å². The third-order valence-corrected chi connectivity index (χ3v) is 10.6. The summed E-state index contributed by atoms with van der Waals surface area (Å²) in [5.41, 5.74) is 0. The third kappa shape index (κ3) is 6.63. The van der Waals surface area contributed by atoms with Crippen molar-refractivity contribution in [2.75, 3.05) is 26.2 Å². The summed E-state index contributed by atoms with van der Waals surface area (Å²) in [5.74, 6) is 0.620. The molecule has 2 heterocycles. The van der Waals surface area contributed by atoms with Crippen LogP contribution in [0, 0.1) is 35.3 Å². The fourth-order valence-corrected chi connectivity index (χ4v) is 8.28. The van der Waals surface area contributed by atoms with Gasteiger partial charge in [0, 0.05) is 43.3 Å². The Hall–Kier alpha value is -1.81. The van der Waals surface area contributed by atoms with E-state index in [-0.39, 0.29) is 30.5 Å². The maximum Gasteiger partial charge on any atom is 0.258 e. The normalized spacial score (nSPS) is 36.8. The molecule has 7 nitrogen and oxygen atoms in total. The van der Waals surface area contributed by atoms with E-state index in [4.69, 9.17) is 4.74 Å². The SMILES string of the molecule is O=C(COc1ccc(F)c(F)c1)NC1C[C@H](NC2CNCC(C3CCC(C4CCCCCC4)NC3)N2)C2CCC12. The number of nitrogens with one attached hydrogen (secondary N) is 5. The Bertz CT molecular complexity index is 998. The second-order valence-corrected chi connectivity index (χ2v) is 13.0. The first kappa shape index (κ1) is 28.3. The van der Waals surface area contributed by atoms with Gasteiger partial charge in [-0.1, -0.05) is 25.7 Å². The highest BCUT2D eigenvalue weighted by molar-refractivity contribution is 5.78. The Labute approximate surface area is 237 Å².